The average molecular weight is 478 g/mol. The SMILES string of the molecule is CCC1CNC(=O)CC(C)=N1.CCCCCCCCCCCCCCCCCCC1CCCN1. The van der Waals surface area contributed by atoms with Crippen molar-refractivity contribution in [2.24, 2.45) is 4.99 Å². The Labute approximate surface area is 212 Å². The highest BCUT2D eigenvalue weighted by Crippen LogP contribution is 2.16. The van der Waals surface area contributed by atoms with Gasteiger partial charge in [0.05, 0.1) is 12.5 Å². The topological polar surface area (TPSA) is 53.5 Å². The molecule has 2 aliphatic heterocycles. The molecule has 2 rings (SSSR count). The molecule has 1 amide bonds. The van der Waals surface area contributed by atoms with Gasteiger partial charge in [-0.05, 0) is 39.2 Å². The van der Waals surface area contributed by atoms with E-state index < -0.39 is 0 Å². The van der Waals surface area contributed by atoms with Crippen molar-refractivity contribution in [2.75, 3.05) is 13.1 Å². The second-order valence-electron chi connectivity index (χ2n) is 10.8. The van der Waals surface area contributed by atoms with Gasteiger partial charge in [-0.15, -0.1) is 0 Å². The molecule has 0 spiro atoms. The number of rotatable bonds is 18. The van der Waals surface area contributed by atoms with Crippen molar-refractivity contribution in [3.8, 4) is 0 Å². The third-order valence-corrected chi connectivity index (χ3v) is 7.39. The van der Waals surface area contributed by atoms with Crippen molar-refractivity contribution < 1.29 is 4.79 Å². The van der Waals surface area contributed by atoms with Crippen LogP contribution in [0.5, 0.6) is 0 Å². The van der Waals surface area contributed by atoms with Gasteiger partial charge in [-0.3, -0.25) is 9.79 Å². The van der Waals surface area contributed by atoms with Crippen molar-refractivity contribution in [1.82, 2.24) is 10.6 Å². The fourth-order valence-electron chi connectivity index (χ4n) is 5.11. The molecule has 2 heterocycles. The number of nitrogens with zero attached hydrogens (tertiary/aromatic N) is 1. The Morgan fingerprint density at radius 2 is 1.32 bits per heavy atom. The molecule has 4 nitrogen and oxygen atoms in total. The standard InChI is InChI=1S/C22H45N.C8H14N2O/c1-2-3-4-5-6-7-8-9-10-11-12-13-14-15-16-17-19-22-20-18-21-23-22;1-3-7-5-9-8(11)4-6(2)10-7/h22-23H,2-21H2,1H3;7H,3-5H2,1-2H3,(H,9,11). The first kappa shape index (κ1) is 31.1. The number of carbonyl (C=O) groups is 1. The summed E-state index contributed by atoms with van der Waals surface area (Å²) in [6, 6.07) is 1.16. The Hall–Kier alpha value is -0.900. The summed E-state index contributed by atoms with van der Waals surface area (Å²) in [6.45, 7) is 8.26. The van der Waals surface area contributed by atoms with Gasteiger partial charge in [-0.1, -0.05) is 117 Å². The van der Waals surface area contributed by atoms with Gasteiger partial charge >= 0.3 is 0 Å². The lowest BCUT2D eigenvalue weighted by molar-refractivity contribution is -0.119. The molecule has 2 unspecified atom stereocenters. The van der Waals surface area contributed by atoms with E-state index in [1.807, 2.05) is 6.92 Å². The first-order valence-corrected chi connectivity index (χ1v) is 15.2. The van der Waals surface area contributed by atoms with E-state index in [2.05, 4.69) is 29.5 Å². The van der Waals surface area contributed by atoms with E-state index in [-0.39, 0.29) is 5.91 Å². The molecular formula is C30H59N3O. The molecule has 1 fully saturated rings. The van der Waals surface area contributed by atoms with Crippen LogP contribution in [0.4, 0.5) is 0 Å². The van der Waals surface area contributed by atoms with Crippen LogP contribution in [0.15, 0.2) is 4.99 Å². The van der Waals surface area contributed by atoms with Gasteiger partial charge in [0.1, 0.15) is 0 Å². The molecule has 0 aromatic carbocycles. The number of aliphatic imine (C=N–C) groups is 1. The summed E-state index contributed by atoms with van der Waals surface area (Å²) in [5.41, 5.74) is 0.951. The highest BCUT2D eigenvalue weighted by atomic mass is 16.1. The van der Waals surface area contributed by atoms with Gasteiger partial charge in [-0.25, -0.2) is 0 Å². The molecule has 0 radical (unpaired) electrons. The summed E-state index contributed by atoms with van der Waals surface area (Å²) in [5, 5.41) is 6.43. The maximum atomic E-state index is 11.0. The van der Waals surface area contributed by atoms with Gasteiger partial charge in [0.25, 0.3) is 0 Å². The number of nitrogens with one attached hydrogen (secondary N) is 2. The molecule has 0 aliphatic carbocycles. The van der Waals surface area contributed by atoms with Crippen LogP contribution in [0.25, 0.3) is 0 Å². The lowest BCUT2D eigenvalue weighted by Crippen LogP contribution is -2.28. The Morgan fingerprint density at radius 3 is 1.79 bits per heavy atom. The smallest absolute Gasteiger partial charge is 0.225 e. The quantitative estimate of drug-likeness (QED) is 0.196. The maximum Gasteiger partial charge on any atom is 0.225 e. The van der Waals surface area contributed by atoms with Crippen molar-refractivity contribution in [1.29, 1.82) is 0 Å². The third-order valence-electron chi connectivity index (χ3n) is 7.39. The summed E-state index contributed by atoms with van der Waals surface area (Å²) >= 11 is 0. The summed E-state index contributed by atoms with van der Waals surface area (Å²) in [7, 11) is 0. The van der Waals surface area contributed by atoms with E-state index >= 15 is 0 Å². The van der Waals surface area contributed by atoms with Crippen LogP contribution in [0.2, 0.25) is 0 Å². The van der Waals surface area contributed by atoms with Gasteiger partial charge in [0.2, 0.25) is 5.91 Å². The number of carbonyl (C=O) groups excluding carboxylic acids is 1. The minimum absolute atomic E-state index is 0.0993. The molecule has 1 saturated heterocycles. The number of amides is 1. The van der Waals surface area contributed by atoms with Crippen LogP contribution in [0.3, 0.4) is 0 Å². The van der Waals surface area contributed by atoms with Gasteiger partial charge < -0.3 is 10.6 Å². The highest BCUT2D eigenvalue weighted by molar-refractivity contribution is 6.00. The molecule has 34 heavy (non-hydrogen) atoms. The number of hydrogen-bond acceptors (Lipinski definition) is 3. The van der Waals surface area contributed by atoms with Crippen molar-refractivity contribution in [3.63, 3.8) is 0 Å². The van der Waals surface area contributed by atoms with Gasteiger partial charge in [0.15, 0.2) is 0 Å². The van der Waals surface area contributed by atoms with Crippen LogP contribution in [0.1, 0.15) is 156 Å². The van der Waals surface area contributed by atoms with Crippen LogP contribution in [0, 0.1) is 0 Å². The molecule has 0 bridgehead atoms. The van der Waals surface area contributed by atoms with Crippen molar-refractivity contribution >= 4 is 11.6 Å². The van der Waals surface area contributed by atoms with E-state index in [1.165, 1.54) is 129 Å². The van der Waals surface area contributed by atoms with E-state index in [0.717, 1.165) is 18.2 Å². The third kappa shape index (κ3) is 18.4. The first-order chi connectivity index (χ1) is 16.7. The molecule has 4 heteroatoms. The summed E-state index contributed by atoms with van der Waals surface area (Å²) < 4.78 is 0. The zero-order chi connectivity index (χ0) is 24.7. The molecule has 2 atom stereocenters. The monoisotopic (exact) mass is 477 g/mol. The Bertz CT molecular complexity index is 499. The van der Waals surface area contributed by atoms with Crippen molar-refractivity contribution in [2.45, 2.75) is 168 Å². The zero-order valence-corrected chi connectivity index (χ0v) is 23.3. The predicted molar refractivity (Wildman–Crippen MR) is 150 cm³/mol. The number of hydrogen-bond donors (Lipinski definition) is 2. The first-order valence-electron chi connectivity index (χ1n) is 15.2. The summed E-state index contributed by atoms with van der Waals surface area (Å²) in [5.74, 6) is 0.0993. The second-order valence-corrected chi connectivity index (χ2v) is 10.8. The lowest BCUT2D eigenvalue weighted by Gasteiger charge is -2.09. The largest absolute Gasteiger partial charge is 0.354 e. The summed E-state index contributed by atoms with van der Waals surface area (Å²) in [4.78, 5) is 15.3. The normalized spacial score (nSPS) is 20.3. The van der Waals surface area contributed by atoms with Gasteiger partial charge in [-0.2, -0.15) is 0 Å². The highest BCUT2D eigenvalue weighted by Gasteiger charge is 2.13. The fraction of sp³-hybridized carbons (Fsp3) is 0.933. The Morgan fingerprint density at radius 1 is 0.794 bits per heavy atom. The molecular weight excluding hydrogens is 418 g/mol. The minimum atomic E-state index is 0.0993. The molecule has 2 aliphatic rings. The summed E-state index contributed by atoms with van der Waals surface area (Å²) in [6.07, 6.45) is 29.3. The van der Waals surface area contributed by atoms with Crippen LogP contribution in [-0.2, 0) is 4.79 Å². The van der Waals surface area contributed by atoms with E-state index in [0.29, 0.717) is 19.0 Å². The Kier molecular flexibility index (Phi) is 20.7. The Balaban J connectivity index is 0.000000437. The second kappa shape index (κ2) is 22.6. The van der Waals surface area contributed by atoms with E-state index in [9.17, 15) is 4.79 Å². The molecule has 0 aromatic heterocycles. The van der Waals surface area contributed by atoms with E-state index in [1.54, 1.807) is 0 Å². The molecule has 0 aromatic rings. The predicted octanol–water partition coefficient (Wildman–Crippen LogP) is 8.14. The molecule has 0 saturated carbocycles. The lowest BCUT2D eigenvalue weighted by atomic mass is 10.0. The maximum absolute atomic E-state index is 11.0. The van der Waals surface area contributed by atoms with E-state index in [4.69, 9.17) is 0 Å². The van der Waals surface area contributed by atoms with Crippen molar-refractivity contribution in [3.05, 3.63) is 0 Å². The molecule has 2 N–H and O–H groups in total. The minimum Gasteiger partial charge on any atom is -0.354 e. The van der Waals surface area contributed by atoms with Crippen LogP contribution in [-0.4, -0.2) is 36.8 Å². The van der Waals surface area contributed by atoms with Gasteiger partial charge in [0, 0.05) is 18.3 Å². The average Bonchev–Trinajstić information content (AvgIpc) is 3.29. The zero-order valence-electron chi connectivity index (χ0n) is 23.3. The fourth-order valence-corrected chi connectivity index (χ4v) is 5.11. The van der Waals surface area contributed by atoms with Crippen LogP contribution < -0.4 is 10.6 Å². The van der Waals surface area contributed by atoms with Crippen LogP contribution >= 0.6 is 0 Å². The molecule has 200 valence electrons. The number of unbranched alkanes of at least 4 members (excludes halogenated alkanes) is 15.